The zero-order valence-corrected chi connectivity index (χ0v) is 7.92. The third-order valence-corrected chi connectivity index (χ3v) is 3.38. The highest BCUT2D eigenvalue weighted by Crippen LogP contribution is 2.40. The van der Waals surface area contributed by atoms with Gasteiger partial charge in [0.15, 0.2) is 0 Å². The van der Waals surface area contributed by atoms with Gasteiger partial charge in [0.2, 0.25) is 0 Å². The van der Waals surface area contributed by atoms with Crippen molar-refractivity contribution < 1.29 is 4.74 Å². The van der Waals surface area contributed by atoms with Gasteiger partial charge in [-0.05, 0) is 25.2 Å². The molecule has 0 aromatic carbocycles. The minimum Gasteiger partial charge on any atom is -0.381 e. The van der Waals surface area contributed by atoms with Crippen molar-refractivity contribution in [3.8, 4) is 0 Å². The van der Waals surface area contributed by atoms with Gasteiger partial charge in [-0.3, -0.25) is 0 Å². The summed E-state index contributed by atoms with van der Waals surface area (Å²) in [4.78, 5) is 0. The van der Waals surface area contributed by atoms with Crippen LogP contribution >= 0.6 is 0 Å². The Morgan fingerprint density at radius 2 is 2.00 bits per heavy atom. The highest BCUT2D eigenvalue weighted by molar-refractivity contribution is 6.11. The minimum absolute atomic E-state index is 0.0127. The molecular formula is C9H17BO. The Hall–Kier alpha value is 0.0249. The van der Waals surface area contributed by atoms with Crippen LogP contribution in [-0.2, 0) is 4.74 Å². The minimum atomic E-state index is -0.0602. The first-order valence-corrected chi connectivity index (χ1v) is 4.44. The zero-order chi connectivity index (χ0) is 8.65. The third kappa shape index (κ3) is 1.33. The number of rotatable bonds is 1. The van der Waals surface area contributed by atoms with Gasteiger partial charge in [0.1, 0.15) is 7.85 Å². The van der Waals surface area contributed by atoms with Crippen LogP contribution < -0.4 is 0 Å². The average molecular weight is 152 g/mol. The molecule has 0 saturated carbocycles. The van der Waals surface area contributed by atoms with Crippen molar-refractivity contribution >= 4 is 7.85 Å². The molecule has 0 aromatic rings. The first-order valence-electron chi connectivity index (χ1n) is 4.44. The lowest BCUT2D eigenvalue weighted by Crippen LogP contribution is -2.30. The maximum absolute atomic E-state index is 5.80. The molecule has 11 heavy (non-hydrogen) atoms. The van der Waals surface area contributed by atoms with E-state index in [2.05, 4.69) is 27.7 Å². The molecule has 1 rings (SSSR count). The normalized spacial score (nSPS) is 51.5. The first kappa shape index (κ1) is 9.12. The average Bonchev–Trinajstić information content (AvgIpc) is 2.17. The van der Waals surface area contributed by atoms with Gasteiger partial charge in [-0.1, -0.05) is 20.8 Å². The van der Waals surface area contributed by atoms with Crippen LogP contribution in [0.3, 0.4) is 0 Å². The van der Waals surface area contributed by atoms with Crippen molar-refractivity contribution in [2.75, 3.05) is 0 Å². The molecule has 1 heterocycles. The second-order valence-corrected chi connectivity index (χ2v) is 3.90. The largest absolute Gasteiger partial charge is 0.381 e. The Kier molecular flexibility index (Phi) is 2.33. The molecule has 1 saturated heterocycles. The molecule has 4 atom stereocenters. The second kappa shape index (κ2) is 2.82. The van der Waals surface area contributed by atoms with E-state index >= 15 is 0 Å². The molecule has 1 nitrogen and oxygen atoms in total. The summed E-state index contributed by atoms with van der Waals surface area (Å²) in [5.41, 5.74) is 0.0127. The summed E-state index contributed by atoms with van der Waals surface area (Å²) in [5, 5.41) is 0. The lowest BCUT2D eigenvalue weighted by atomic mass is 9.77. The van der Waals surface area contributed by atoms with Crippen molar-refractivity contribution in [3.05, 3.63) is 0 Å². The Bertz CT molecular complexity index is 148. The zero-order valence-electron chi connectivity index (χ0n) is 7.92. The van der Waals surface area contributed by atoms with Crippen molar-refractivity contribution in [1.82, 2.24) is 0 Å². The Morgan fingerprint density at radius 1 is 1.45 bits per heavy atom. The van der Waals surface area contributed by atoms with Crippen LogP contribution in [0, 0.1) is 11.8 Å². The van der Waals surface area contributed by atoms with E-state index in [1.165, 1.54) is 0 Å². The van der Waals surface area contributed by atoms with E-state index in [0.717, 1.165) is 6.42 Å². The highest BCUT2D eigenvalue weighted by Gasteiger charge is 2.43. The molecule has 2 heteroatoms. The van der Waals surface area contributed by atoms with Crippen LogP contribution in [0.5, 0.6) is 0 Å². The van der Waals surface area contributed by atoms with E-state index < -0.39 is 0 Å². The second-order valence-electron chi connectivity index (χ2n) is 3.90. The highest BCUT2D eigenvalue weighted by atomic mass is 16.5. The van der Waals surface area contributed by atoms with Gasteiger partial charge < -0.3 is 4.74 Å². The van der Waals surface area contributed by atoms with Gasteiger partial charge in [-0.2, -0.15) is 0 Å². The number of ether oxygens (including phenoxy) is 1. The van der Waals surface area contributed by atoms with Gasteiger partial charge in [-0.15, -0.1) is 0 Å². The fourth-order valence-corrected chi connectivity index (χ4v) is 1.77. The molecule has 1 aliphatic rings. The molecule has 0 bridgehead atoms. The van der Waals surface area contributed by atoms with E-state index in [-0.39, 0.29) is 11.6 Å². The molecule has 0 amide bonds. The summed E-state index contributed by atoms with van der Waals surface area (Å²) in [6.45, 7) is 8.69. The molecule has 2 radical (unpaired) electrons. The standard InChI is InChI=1S/C9H17BO/c1-5-9(4)7(3)6(2)8(10)11-9/h6-8H,5H2,1-4H3. The number of hydrogen-bond acceptors (Lipinski definition) is 1. The Balaban J connectivity index is 2.73. The summed E-state index contributed by atoms with van der Waals surface area (Å²) >= 11 is 0. The van der Waals surface area contributed by atoms with Crippen LogP contribution in [0.4, 0.5) is 0 Å². The van der Waals surface area contributed by atoms with E-state index in [0.29, 0.717) is 11.8 Å². The summed E-state index contributed by atoms with van der Waals surface area (Å²) in [6.07, 6.45) is 1.05. The third-order valence-electron chi connectivity index (χ3n) is 3.38. The molecule has 0 spiro atoms. The monoisotopic (exact) mass is 152 g/mol. The summed E-state index contributed by atoms with van der Waals surface area (Å²) in [6, 6.07) is -0.0602. The van der Waals surface area contributed by atoms with Gasteiger partial charge in [0, 0.05) is 6.00 Å². The first-order chi connectivity index (χ1) is 5.01. The lowest BCUT2D eigenvalue weighted by molar-refractivity contribution is -0.0188. The molecule has 1 fully saturated rings. The Morgan fingerprint density at radius 3 is 2.18 bits per heavy atom. The van der Waals surface area contributed by atoms with Crippen LogP contribution in [-0.4, -0.2) is 19.5 Å². The SMILES string of the molecule is [B]C1OC(C)(CC)C(C)C1C. The predicted molar refractivity (Wildman–Crippen MR) is 47.7 cm³/mol. The molecule has 62 valence electrons. The van der Waals surface area contributed by atoms with Crippen LogP contribution in [0.15, 0.2) is 0 Å². The molecule has 0 aliphatic carbocycles. The molecule has 0 aromatic heterocycles. The maximum atomic E-state index is 5.80. The molecule has 4 unspecified atom stereocenters. The summed E-state index contributed by atoms with van der Waals surface area (Å²) < 4.78 is 5.70. The number of hydrogen-bond donors (Lipinski definition) is 0. The van der Waals surface area contributed by atoms with Gasteiger partial charge in [0.05, 0.1) is 5.60 Å². The van der Waals surface area contributed by atoms with E-state index in [4.69, 9.17) is 12.6 Å². The fraction of sp³-hybridized carbons (Fsp3) is 1.00. The van der Waals surface area contributed by atoms with Gasteiger partial charge in [-0.25, -0.2) is 0 Å². The van der Waals surface area contributed by atoms with Crippen molar-refractivity contribution in [2.45, 2.75) is 45.7 Å². The predicted octanol–water partition coefficient (Wildman–Crippen LogP) is 1.95. The quantitative estimate of drug-likeness (QED) is 0.522. The van der Waals surface area contributed by atoms with Crippen molar-refractivity contribution in [2.24, 2.45) is 11.8 Å². The van der Waals surface area contributed by atoms with E-state index in [1.54, 1.807) is 0 Å². The van der Waals surface area contributed by atoms with Crippen LogP contribution in [0.2, 0.25) is 0 Å². The van der Waals surface area contributed by atoms with E-state index in [9.17, 15) is 0 Å². The smallest absolute Gasteiger partial charge is 0.109 e. The topological polar surface area (TPSA) is 9.23 Å². The van der Waals surface area contributed by atoms with Crippen molar-refractivity contribution in [1.29, 1.82) is 0 Å². The lowest BCUT2D eigenvalue weighted by Gasteiger charge is -2.27. The molecular weight excluding hydrogens is 135 g/mol. The van der Waals surface area contributed by atoms with Crippen LogP contribution in [0.25, 0.3) is 0 Å². The summed E-state index contributed by atoms with van der Waals surface area (Å²) in [7, 11) is 5.80. The molecule has 1 aliphatic heterocycles. The fourth-order valence-electron chi connectivity index (χ4n) is 1.77. The Labute approximate surface area is 70.9 Å². The maximum Gasteiger partial charge on any atom is 0.109 e. The van der Waals surface area contributed by atoms with E-state index in [1.807, 2.05) is 0 Å². The van der Waals surface area contributed by atoms with Gasteiger partial charge >= 0.3 is 0 Å². The summed E-state index contributed by atoms with van der Waals surface area (Å²) in [5.74, 6) is 1.06. The van der Waals surface area contributed by atoms with Crippen molar-refractivity contribution in [3.63, 3.8) is 0 Å². The van der Waals surface area contributed by atoms with Crippen LogP contribution in [0.1, 0.15) is 34.1 Å². The van der Waals surface area contributed by atoms with Gasteiger partial charge in [0.25, 0.3) is 0 Å². The molecule has 0 N–H and O–H groups in total.